The third kappa shape index (κ3) is 7.86. The van der Waals surface area contributed by atoms with Crippen LogP contribution in [-0.2, 0) is 14.3 Å². The second kappa shape index (κ2) is 11.7. The Balaban J connectivity index is 4.58. The molecule has 0 radical (unpaired) electrons. The van der Waals surface area contributed by atoms with E-state index in [1.807, 2.05) is 13.8 Å². The van der Waals surface area contributed by atoms with E-state index in [1.165, 1.54) is 11.0 Å². The maximum atomic E-state index is 12.1. The number of amides is 1. The van der Waals surface area contributed by atoms with Gasteiger partial charge in [-0.15, -0.1) is 23.2 Å². The number of halogens is 2. The Kier molecular flexibility index (Phi) is 11.3. The zero-order chi connectivity index (χ0) is 18.8. The number of ketones is 1. The molecule has 0 fully saturated rings. The van der Waals surface area contributed by atoms with Gasteiger partial charge >= 0.3 is 6.09 Å². The molecule has 140 valence electrons. The van der Waals surface area contributed by atoms with E-state index in [0.717, 1.165) is 0 Å². The van der Waals surface area contributed by atoms with Gasteiger partial charge in [0.1, 0.15) is 11.7 Å². The molecule has 0 aliphatic rings. The number of carbonyl (C=O) groups excluding carboxylic acids is 2. The van der Waals surface area contributed by atoms with Crippen LogP contribution in [0.15, 0.2) is 12.7 Å². The number of hydrogen-bond donors (Lipinski definition) is 0. The lowest BCUT2D eigenvalue weighted by Gasteiger charge is -2.31. The Hall–Kier alpha value is -0.780. The van der Waals surface area contributed by atoms with Gasteiger partial charge in [-0.05, 0) is 33.3 Å². The fourth-order valence-corrected chi connectivity index (χ4v) is 2.69. The third-order valence-electron chi connectivity index (χ3n) is 3.78. The highest BCUT2D eigenvalue weighted by Gasteiger charge is 2.32. The summed E-state index contributed by atoms with van der Waals surface area (Å²) in [7, 11) is 0. The van der Waals surface area contributed by atoms with E-state index in [-0.39, 0.29) is 18.0 Å². The van der Waals surface area contributed by atoms with Crippen molar-refractivity contribution in [2.45, 2.75) is 58.3 Å². The van der Waals surface area contributed by atoms with Crippen molar-refractivity contribution >= 4 is 35.1 Å². The van der Waals surface area contributed by atoms with Crippen LogP contribution in [0.3, 0.4) is 0 Å². The topological polar surface area (TPSA) is 55.8 Å². The molecule has 0 aromatic carbocycles. The number of nitrogens with zero attached hydrogens (tertiary/aromatic N) is 1. The van der Waals surface area contributed by atoms with Crippen molar-refractivity contribution < 1.29 is 19.1 Å². The summed E-state index contributed by atoms with van der Waals surface area (Å²) in [6.45, 7) is 11.5. The van der Waals surface area contributed by atoms with Crippen molar-refractivity contribution in [2.75, 3.05) is 24.8 Å². The number of hydrogen-bond acceptors (Lipinski definition) is 4. The minimum atomic E-state index is -0.909. The van der Waals surface area contributed by atoms with Crippen LogP contribution in [-0.4, -0.2) is 59.4 Å². The van der Waals surface area contributed by atoms with Crippen molar-refractivity contribution in [2.24, 2.45) is 0 Å². The van der Waals surface area contributed by atoms with E-state index in [9.17, 15) is 9.59 Å². The Morgan fingerprint density at radius 1 is 1.21 bits per heavy atom. The molecular weight excluding hydrogens is 353 g/mol. The first kappa shape index (κ1) is 23.2. The van der Waals surface area contributed by atoms with Crippen LogP contribution in [0.5, 0.6) is 0 Å². The predicted molar refractivity (Wildman–Crippen MR) is 98.0 cm³/mol. The largest absolute Gasteiger partial charge is 0.446 e. The SMILES string of the molecule is C=CC(=O)C(C)(CC)OC(C)CC(C)OC(=O)N(CCCl)CCCl. The van der Waals surface area contributed by atoms with Crippen molar-refractivity contribution in [3.05, 3.63) is 12.7 Å². The normalized spacial score (nSPS) is 15.9. The highest BCUT2D eigenvalue weighted by molar-refractivity contribution is 6.18. The molecule has 0 saturated carbocycles. The van der Waals surface area contributed by atoms with E-state index in [2.05, 4.69) is 6.58 Å². The van der Waals surface area contributed by atoms with Crippen molar-refractivity contribution in [1.29, 1.82) is 0 Å². The van der Waals surface area contributed by atoms with Crippen LogP contribution in [0.1, 0.15) is 40.5 Å². The summed E-state index contributed by atoms with van der Waals surface area (Å²) in [5, 5.41) is 0. The lowest BCUT2D eigenvalue weighted by atomic mass is 9.96. The van der Waals surface area contributed by atoms with Gasteiger partial charge < -0.3 is 14.4 Å². The van der Waals surface area contributed by atoms with Crippen LogP contribution in [0, 0.1) is 0 Å². The van der Waals surface area contributed by atoms with E-state index in [0.29, 0.717) is 37.7 Å². The molecule has 0 N–H and O–H groups in total. The average Bonchev–Trinajstić information content (AvgIpc) is 2.53. The quantitative estimate of drug-likeness (QED) is 0.378. The van der Waals surface area contributed by atoms with Crippen LogP contribution >= 0.6 is 23.2 Å². The smallest absolute Gasteiger partial charge is 0.410 e. The molecular formula is C17H29Cl2NO4. The molecule has 0 saturated heterocycles. The van der Waals surface area contributed by atoms with Gasteiger partial charge in [0, 0.05) is 31.3 Å². The van der Waals surface area contributed by atoms with E-state index < -0.39 is 11.7 Å². The monoisotopic (exact) mass is 381 g/mol. The van der Waals surface area contributed by atoms with Gasteiger partial charge in [-0.2, -0.15) is 0 Å². The molecule has 0 heterocycles. The Bertz CT molecular complexity index is 413. The average molecular weight is 382 g/mol. The predicted octanol–water partition coefficient (Wildman–Crippen LogP) is 4.01. The Morgan fingerprint density at radius 3 is 2.17 bits per heavy atom. The highest BCUT2D eigenvalue weighted by Crippen LogP contribution is 2.22. The molecule has 1 amide bonds. The number of ether oxygens (including phenoxy) is 2. The molecule has 0 aromatic rings. The van der Waals surface area contributed by atoms with Gasteiger partial charge in [-0.3, -0.25) is 4.79 Å². The van der Waals surface area contributed by atoms with Crippen molar-refractivity contribution in [1.82, 2.24) is 4.90 Å². The molecule has 0 aliphatic heterocycles. The Labute approximate surface area is 155 Å². The standard InChI is InChI=1S/C17H29Cl2NO4/c1-6-15(21)17(5,7-2)24-14(4)12-13(3)23-16(22)20(10-8-18)11-9-19/h6,13-14H,1,7-12H2,2-5H3. The van der Waals surface area contributed by atoms with Crippen molar-refractivity contribution in [3.63, 3.8) is 0 Å². The first-order valence-corrected chi connectivity index (χ1v) is 9.23. The van der Waals surface area contributed by atoms with E-state index in [4.69, 9.17) is 32.7 Å². The summed E-state index contributed by atoms with van der Waals surface area (Å²) in [6.07, 6.45) is 1.22. The van der Waals surface area contributed by atoms with Crippen molar-refractivity contribution in [3.8, 4) is 0 Å². The highest BCUT2D eigenvalue weighted by atomic mass is 35.5. The van der Waals surface area contributed by atoms with Gasteiger partial charge in [0.05, 0.1) is 6.10 Å². The summed E-state index contributed by atoms with van der Waals surface area (Å²) in [4.78, 5) is 25.5. The van der Waals surface area contributed by atoms with Crippen LogP contribution in [0.2, 0.25) is 0 Å². The minimum Gasteiger partial charge on any atom is -0.446 e. The molecule has 3 unspecified atom stereocenters. The summed E-state index contributed by atoms with van der Waals surface area (Å²) >= 11 is 11.4. The number of rotatable bonds is 12. The van der Waals surface area contributed by atoms with Gasteiger partial charge in [-0.1, -0.05) is 13.5 Å². The third-order valence-corrected chi connectivity index (χ3v) is 4.11. The molecule has 0 bridgehead atoms. The van der Waals surface area contributed by atoms with Gasteiger partial charge in [-0.25, -0.2) is 4.79 Å². The number of carbonyl (C=O) groups is 2. The molecule has 0 rings (SSSR count). The summed E-state index contributed by atoms with van der Waals surface area (Å²) in [5.41, 5.74) is -0.909. The molecule has 0 aliphatic carbocycles. The fraction of sp³-hybridized carbons (Fsp3) is 0.765. The number of alkyl halides is 2. The minimum absolute atomic E-state index is 0.156. The molecule has 0 aromatic heterocycles. The summed E-state index contributed by atoms with van der Waals surface area (Å²) in [6, 6.07) is 0. The Morgan fingerprint density at radius 2 is 1.75 bits per heavy atom. The zero-order valence-electron chi connectivity index (χ0n) is 15.0. The molecule has 3 atom stereocenters. The van der Waals surface area contributed by atoms with Gasteiger partial charge in [0.15, 0.2) is 5.78 Å². The zero-order valence-corrected chi connectivity index (χ0v) is 16.5. The maximum absolute atomic E-state index is 12.1. The van der Waals surface area contributed by atoms with Crippen LogP contribution < -0.4 is 0 Å². The summed E-state index contributed by atoms with van der Waals surface area (Å²) in [5.74, 6) is 0.480. The lowest BCUT2D eigenvalue weighted by molar-refractivity contribution is -0.146. The molecule has 24 heavy (non-hydrogen) atoms. The molecule has 0 spiro atoms. The second-order valence-corrected chi connectivity index (χ2v) is 6.63. The second-order valence-electron chi connectivity index (χ2n) is 5.88. The van der Waals surface area contributed by atoms with Crippen LogP contribution in [0.4, 0.5) is 4.79 Å². The lowest BCUT2D eigenvalue weighted by Crippen LogP contribution is -2.41. The fourth-order valence-electron chi connectivity index (χ4n) is 2.28. The van der Waals surface area contributed by atoms with Gasteiger partial charge in [0.2, 0.25) is 0 Å². The molecule has 7 heteroatoms. The summed E-state index contributed by atoms with van der Waals surface area (Å²) < 4.78 is 11.3. The van der Waals surface area contributed by atoms with E-state index in [1.54, 1.807) is 13.8 Å². The first-order valence-electron chi connectivity index (χ1n) is 8.16. The first-order chi connectivity index (χ1) is 11.2. The maximum Gasteiger partial charge on any atom is 0.410 e. The van der Waals surface area contributed by atoms with Crippen LogP contribution in [0.25, 0.3) is 0 Å². The van der Waals surface area contributed by atoms with E-state index >= 15 is 0 Å². The molecule has 5 nitrogen and oxygen atoms in total. The van der Waals surface area contributed by atoms with Gasteiger partial charge in [0.25, 0.3) is 0 Å².